The Morgan fingerprint density at radius 1 is 0.340 bits per heavy atom. The third kappa shape index (κ3) is 4.00. The van der Waals surface area contributed by atoms with Gasteiger partial charge in [-0.05, 0) is 80.2 Å². The predicted molar refractivity (Wildman–Crippen MR) is 195 cm³/mol. The van der Waals surface area contributed by atoms with E-state index in [1.54, 1.807) is 0 Å². The van der Waals surface area contributed by atoms with E-state index in [-0.39, 0.29) is 0 Å². The highest BCUT2D eigenvalue weighted by atomic mass is 16.3. The first-order valence-corrected chi connectivity index (χ1v) is 15.9. The van der Waals surface area contributed by atoms with Gasteiger partial charge < -0.3 is 4.42 Å². The summed E-state index contributed by atoms with van der Waals surface area (Å²) in [5.41, 5.74) is 12.0. The molecule has 3 nitrogen and oxygen atoms in total. The van der Waals surface area contributed by atoms with E-state index in [1.165, 1.54) is 21.7 Å². The van der Waals surface area contributed by atoms with Gasteiger partial charge in [0, 0.05) is 21.9 Å². The van der Waals surface area contributed by atoms with E-state index in [9.17, 15) is 0 Å². The second-order valence-corrected chi connectivity index (χ2v) is 12.1. The third-order valence-corrected chi connectivity index (χ3v) is 9.40. The van der Waals surface area contributed by atoms with Gasteiger partial charge in [0.2, 0.25) is 0 Å². The van der Waals surface area contributed by atoms with E-state index in [0.717, 1.165) is 77.6 Å². The van der Waals surface area contributed by atoms with Crippen molar-refractivity contribution in [2.75, 3.05) is 0 Å². The van der Waals surface area contributed by atoms with Crippen LogP contribution in [0.25, 0.3) is 99.3 Å². The lowest BCUT2D eigenvalue weighted by atomic mass is 9.88. The summed E-state index contributed by atoms with van der Waals surface area (Å²) in [6, 6.07) is 55.3. The van der Waals surface area contributed by atoms with Crippen molar-refractivity contribution in [3.05, 3.63) is 158 Å². The standard InChI is InChI=1S/C44H26N2O/c1-3-12-27(13-4-1)29-16-9-17-30(24-29)43-44(46-37-22-8-7-21-36(37)45-43)34-20-10-18-32-35-25-31(28-14-5-2-6-15-28)26-39-42(35)41-33(40(32)34)19-11-23-38(41)47-39/h1-26H. The van der Waals surface area contributed by atoms with Gasteiger partial charge in [-0.15, -0.1) is 0 Å². The number of hydrogen-bond acceptors (Lipinski definition) is 3. The first-order valence-electron chi connectivity index (χ1n) is 15.9. The molecule has 0 spiro atoms. The molecule has 3 heteroatoms. The number of para-hydroxylation sites is 2. The molecule has 8 aromatic carbocycles. The second-order valence-electron chi connectivity index (χ2n) is 12.1. The van der Waals surface area contributed by atoms with E-state index in [4.69, 9.17) is 14.4 Å². The predicted octanol–water partition coefficient (Wildman–Crippen LogP) is 11.9. The van der Waals surface area contributed by atoms with Crippen LogP contribution in [0, 0.1) is 0 Å². The van der Waals surface area contributed by atoms with Gasteiger partial charge in [0.15, 0.2) is 0 Å². The lowest BCUT2D eigenvalue weighted by Crippen LogP contribution is -1.97. The van der Waals surface area contributed by atoms with Gasteiger partial charge in [-0.1, -0.05) is 121 Å². The second kappa shape index (κ2) is 10.1. The van der Waals surface area contributed by atoms with Crippen molar-refractivity contribution in [2.24, 2.45) is 0 Å². The number of benzene rings is 8. The minimum Gasteiger partial charge on any atom is -0.456 e. The van der Waals surface area contributed by atoms with Crippen molar-refractivity contribution in [3.63, 3.8) is 0 Å². The molecule has 0 aliphatic heterocycles. The first kappa shape index (κ1) is 26.0. The highest BCUT2D eigenvalue weighted by Gasteiger charge is 2.23. The summed E-state index contributed by atoms with van der Waals surface area (Å²) in [6.07, 6.45) is 0. The maximum absolute atomic E-state index is 6.57. The molecule has 10 aromatic rings. The van der Waals surface area contributed by atoms with Gasteiger partial charge in [-0.3, -0.25) is 0 Å². The third-order valence-electron chi connectivity index (χ3n) is 9.40. The van der Waals surface area contributed by atoms with Gasteiger partial charge in [0.25, 0.3) is 0 Å². The Morgan fingerprint density at radius 2 is 0.936 bits per heavy atom. The largest absolute Gasteiger partial charge is 0.456 e. The number of furan rings is 1. The van der Waals surface area contributed by atoms with Gasteiger partial charge in [-0.25, -0.2) is 9.97 Å². The zero-order valence-electron chi connectivity index (χ0n) is 25.3. The van der Waals surface area contributed by atoms with Crippen LogP contribution in [-0.4, -0.2) is 9.97 Å². The minimum atomic E-state index is 0.864. The molecule has 218 valence electrons. The maximum atomic E-state index is 6.57. The van der Waals surface area contributed by atoms with Crippen molar-refractivity contribution in [2.45, 2.75) is 0 Å². The van der Waals surface area contributed by atoms with Crippen LogP contribution in [0.2, 0.25) is 0 Å². The van der Waals surface area contributed by atoms with Crippen LogP contribution in [0.15, 0.2) is 162 Å². The molecule has 0 fully saturated rings. The summed E-state index contributed by atoms with van der Waals surface area (Å²) in [4.78, 5) is 10.7. The Balaban J connectivity index is 1.32. The van der Waals surface area contributed by atoms with Crippen LogP contribution in [0.4, 0.5) is 0 Å². The zero-order chi connectivity index (χ0) is 30.9. The number of rotatable bonds is 4. The maximum Gasteiger partial charge on any atom is 0.136 e. The molecule has 2 heterocycles. The van der Waals surface area contributed by atoms with Gasteiger partial charge in [0.1, 0.15) is 11.2 Å². The highest BCUT2D eigenvalue weighted by Crippen LogP contribution is 2.47. The average Bonchev–Trinajstić information content (AvgIpc) is 3.53. The molecule has 0 N–H and O–H groups in total. The quantitative estimate of drug-likeness (QED) is 0.189. The molecule has 0 aliphatic carbocycles. The molecular formula is C44H26N2O. The van der Waals surface area contributed by atoms with Crippen molar-refractivity contribution in [1.29, 1.82) is 0 Å². The molecule has 2 aromatic heterocycles. The smallest absolute Gasteiger partial charge is 0.136 e. The molecule has 0 amide bonds. The Labute approximate surface area is 270 Å². The molecule has 0 atom stereocenters. The number of fused-ring (bicyclic) bond motifs is 4. The van der Waals surface area contributed by atoms with Crippen LogP contribution in [-0.2, 0) is 0 Å². The topological polar surface area (TPSA) is 38.9 Å². The summed E-state index contributed by atoms with van der Waals surface area (Å²) in [6.45, 7) is 0. The first-order chi connectivity index (χ1) is 23.3. The minimum absolute atomic E-state index is 0.864. The monoisotopic (exact) mass is 598 g/mol. The number of aromatic nitrogens is 2. The fourth-order valence-electron chi connectivity index (χ4n) is 7.29. The van der Waals surface area contributed by atoms with Crippen LogP contribution in [0.5, 0.6) is 0 Å². The van der Waals surface area contributed by atoms with Crippen LogP contribution >= 0.6 is 0 Å². The normalized spacial score (nSPS) is 11.8. The van der Waals surface area contributed by atoms with Crippen molar-refractivity contribution in [1.82, 2.24) is 9.97 Å². The molecule has 0 aliphatic rings. The Morgan fingerprint density at radius 3 is 1.72 bits per heavy atom. The molecule has 10 rings (SSSR count). The Hall–Kier alpha value is -6.32. The van der Waals surface area contributed by atoms with E-state index >= 15 is 0 Å². The molecule has 47 heavy (non-hydrogen) atoms. The van der Waals surface area contributed by atoms with Gasteiger partial charge in [0.05, 0.1) is 22.4 Å². The lowest BCUT2D eigenvalue weighted by Gasteiger charge is -2.16. The van der Waals surface area contributed by atoms with Crippen molar-refractivity contribution >= 4 is 54.5 Å². The average molecular weight is 599 g/mol. The van der Waals surface area contributed by atoms with E-state index in [2.05, 4.69) is 127 Å². The molecule has 0 bridgehead atoms. The van der Waals surface area contributed by atoms with E-state index in [1.807, 2.05) is 30.3 Å². The van der Waals surface area contributed by atoms with Gasteiger partial charge in [-0.2, -0.15) is 0 Å². The summed E-state index contributed by atoms with van der Waals surface area (Å²) in [7, 11) is 0. The lowest BCUT2D eigenvalue weighted by molar-refractivity contribution is 0.669. The van der Waals surface area contributed by atoms with Crippen LogP contribution < -0.4 is 0 Å². The van der Waals surface area contributed by atoms with Crippen molar-refractivity contribution in [3.8, 4) is 44.8 Å². The van der Waals surface area contributed by atoms with Gasteiger partial charge >= 0.3 is 0 Å². The Bertz CT molecular complexity index is 2780. The summed E-state index contributed by atoms with van der Waals surface area (Å²) in [5, 5.41) is 6.98. The zero-order valence-corrected chi connectivity index (χ0v) is 25.3. The fourth-order valence-corrected chi connectivity index (χ4v) is 7.29. The summed E-state index contributed by atoms with van der Waals surface area (Å²) in [5.74, 6) is 0. The van der Waals surface area contributed by atoms with Crippen LogP contribution in [0.1, 0.15) is 0 Å². The summed E-state index contributed by atoms with van der Waals surface area (Å²) >= 11 is 0. The van der Waals surface area contributed by atoms with Crippen LogP contribution in [0.3, 0.4) is 0 Å². The molecule has 0 saturated carbocycles. The SMILES string of the molecule is c1ccc(-c2cccc(-c3nc4ccccc4nc3-c3cccc4c5cc(-c6ccccc6)cc6oc7cccc(c34)c7c65)c2)cc1. The van der Waals surface area contributed by atoms with E-state index in [0.29, 0.717) is 0 Å². The number of nitrogens with zero attached hydrogens (tertiary/aromatic N) is 2. The summed E-state index contributed by atoms with van der Waals surface area (Å²) < 4.78 is 6.57. The Kier molecular flexibility index (Phi) is 5.57. The number of hydrogen-bond donors (Lipinski definition) is 0. The molecule has 0 radical (unpaired) electrons. The van der Waals surface area contributed by atoms with E-state index < -0.39 is 0 Å². The van der Waals surface area contributed by atoms with Crippen molar-refractivity contribution < 1.29 is 4.42 Å². The highest BCUT2D eigenvalue weighted by molar-refractivity contribution is 6.35. The molecule has 0 saturated heterocycles. The molecular weight excluding hydrogens is 572 g/mol. The fraction of sp³-hybridized carbons (Fsp3) is 0. The molecule has 0 unspecified atom stereocenters.